The molecule has 0 amide bonds. The third kappa shape index (κ3) is 2.78. The Morgan fingerprint density at radius 2 is 1.93 bits per heavy atom. The molecular weight excluding hydrogens is 188 g/mol. The van der Waals surface area contributed by atoms with Crippen molar-refractivity contribution in [3.8, 4) is 0 Å². The normalized spacial score (nSPS) is 13.9. The third-order valence-corrected chi connectivity index (χ3v) is 2.92. The highest BCUT2D eigenvalue weighted by Crippen LogP contribution is 2.26. The van der Waals surface area contributed by atoms with E-state index in [0.717, 1.165) is 0 Å². The van der Waals surface area contributed by atoms with Gasteiger partial charge in [0.25, 0.3) is 0 Å². The zero-order valence-corrected chi connectivity index (χ0v) is 9.66. The van der Waals surface area contributed by atoms with Crippen LogP contribution in [0.1, 0.15) is 19.4 Å². The van der Waals surface area contributed by atoms with E-state index in [1.807, 2.05) is 18.2 Å². The van der Waals surface area contributed by atoms with Gasteiger partial charge >= 0.3 is 0 Å². The van der Waals surface area contributed by atoms with Gasteiger partial charge in [-0.2, -0.15) is 0 Å². The Morgan fingerprint density at radius 1 is 1.33 bits per heavy atom. The maximum Gasteiger partial charge on any atom is 0.0637 e. The van der Waals surface area contributed by atoms with Gasteiger partial charge in [-0.25, -0.2) is 0 Å². The van der Waals surface area contributed by atoms with Crippen LogP contribution in [0.5, 0.6) is 0 Å². The third-order valence-electron chi connectivity index (χ3n) is 2.92. The van der Waals surface area contributed by atoms with Gasteiger partial charge in [0.15, 0.2) is 0 Å². The highest BCUT2D eigenvalue weighted by atomic mass is 16.5. The smallest absolute Gasteiger partial charge is 0.0637 e. The molecule has 1 atom stereocenters. The standard InChI is InChI=1S/C12H20N2O/c1-12(2,11(14-13)9-15-3)10-7-5-4-6-8-10/h4-8,11,14H,9,13H2,1-3H3. The van der Waals surface area contributed by atoms with Crippen LogP contribution < -0.4 is 11.3 Å². The molecule has 0 spiro atoms. The summed E-state index contributed by atoms with van der Waals surface area (Å²) < 4.78 is 5.16. The van der Waals surface area contributed by atoms with Gasteiger partial charge in [0.05, 0.1) is 12.6 Å². The largest absolute Gasteiger partial charge is 0.383 e. The van der Waals surface area contributed by atoms with Crippen molar-refractivity contribution < 1.29 is 4.74 Å². The van der Waals surface area contributed by atoms with Crippen molar-refractivity contribution in [1.82, 2.24) is 5.43 Å². The van der Waals surface area contributed by atoms with Crippen LogP contribution in [0.4, 0.5) is 0 Å². The van der Waals surface area contributed by atoms with Crippen molar-refractivity contribution >= 4 is 0 Å². The predicted octanol–water partition coefficient (Wildman–Crippen LogP) is 1.44. The molecule has 0 saturated heterocycles. The summed E-state index contributed by atoms with van der Waals surface area (Å²) in [5.74, 6) is 5.55. The molecule has 3 nitrogen and oxygen atoms in total. The summed E-state index contributed by atoms with van der Waals surface area (Å²) >= 11 is 0. The van der Waals surface area contributed by atoms with Crippen molar-refractivity contribution in [2.45, 2.75) is 25.3 Å². The number of hydrogen-bond acceptors (Lipinski definition) is 3. The first-order chi connectivity index (χ1) is 7.12. The van der Waals surface area contributed by atoms with Crippen molar-refractivity contribution in [1.29, 1.82) is 0 Å². The summed E-state index contributed by atoms with van der Waals surface area (Å²) in [5, 5.41) is 0. The van der Waals surface area contributed by atoms with Crippen molar-refractivity contribution in [2.24, 2.45) is 5.84 Å². The van der Waals surface area contributed by atoms with E-state index in [4.69, 9.17) is 10.6 Å². The molecule has 1 rings (SSSR count). The Bertz CT molecular complexity index is 285. The molecule has 0 aromatic heterocycles. The lowest BCUT2D eigenvalue weighted by molar-refractivity contribution is 0.135. The quantitative estimate of drug-likeness (QED) is 0.568. The van der Waals surface area contributed by atoms with E-state index < -0.39 is 0 Å². The zero-order valence-electron chi connectivity index (χ0n) is 9.66. The molecule has 3 N–H and O–H groups in total. The van der Waals surface area contributed by atoms with Gasteiger partial charge < -0.3 is 4.74 Å². The van der Waals surface area contributed by atoms with Gasteiger partial charge in [0.2, 0.25) is 0 Å². The molecule has 0 bridgehead atoms. The summed E-state index contributed by atoms with van der Waals surface area (Å²) in [6.45, 7) is 4.91. The topological polar surface area (TPSA) is 47.3 Å². The lowest BCUT2D eigenvalue weighted by Gasteiger charge is -2.34. The molecule has 3 heteroatoms. The average molecular weight is 208 g/mol. The summed E-state index contributed by atoms with van der Waals surface area (Å²) in [6, 6.07) is 10.4. The minimum atomic E-state index is -0.0496. The predicted molar refractivity (Wildman–Crippen MR) is 62.5 cm³/mol. The summed E-state index contributed by atoms with van der Waals surface area (Å²) in [5.41, 5.74) is 4.02. The zero-order chi connectivity index (χ0) is 11.3. The number of hydrazine groups is 1. The second-order valence-electron chi connectivity index (χ2n) is 4.26. The monoisotopic (exact) mass is 208 g/mol. The van der Waals surface area contributed by atoms with E-state index in [0.29, 0.717) is 6.61 Å². The van der Waals surface area contributed by atoms with E-state index >= 15 is 0 Å². The Hall–Kier alpha value is -0.900. The first-order valence-corrected chi connectivity index (χ1v) is 5.13. The molecule has 0 fully saturated rings. The van der Waals surface area contributed by atoms with E-state index in [9.17, 15) is 0 Å². The van der Waals surface area contributed by atoms with E-state index in [1.165, 1.54) is 5.56 Å². The number of methoxy groups -OCH3 is 1. The molecule has 1 aromatic carbocycles. The van der Waals surface area contributed by atoms with Crippen LogP contribution in [0, 0.1) is 0 Å². The van der Waals surface area contributed by atoms with Crippen LogP contribution in [0.2, 0.25) is 0 Å². The molecule has 0 aliphatic rings. The minimum absolute atomic E-state index is 0.0496. The van der Waals surface area contributed by atoms with Gasteiger partial charge in [0, 0.05) is 12.5 Å². The number of nitrogens with two attached hydrogens (primary N) is 1. The maximum atomic E-state index is 5.55. The van der Waals surface area contributed by atoms with E-state index in [-0.39, 0.29) is 11.5 Å². The number of benzene rings is 1. The molecular formula is C12H20N2O. The average Bonchev–Trinajstić information content (AvgIpc) is 2.27. The molecule has 15 heavy (non-hydrogen) atoms. The van der Waals surface area contributed by atoms with Gasteiger partial charge in [-0.05, 0) is 5.56 Å². The Kier molecular flexibility index (Phi) is 4.27. The number of nitrogens with one attached hydrogen (secondary N) is 1. The molecule has 1 aromatic rings. The van der Waals surface area contributed by atoms with E-state index in [2.05, 4.69) is 31.4 Å². The molecule has 0 saturated carbocycles. The van der Waals surface area contributed by atoms with Crippen molar-refractivity contribution in [3.63, 3.8) is 0 Å². The van der Waals surface area contributed by atoms with Crippen LogP contribution in [0.25, 0.3) is 0 Å². The maximum absolute atomic E-state index is 5.55. The van der Waals surface area contributed by atoms with Crippen LogP contribution >= 0.6 is 0 Å². The Morgan fingerprint density at radius 3 is 2.40 bits per heavy atom. The van der Waals surface area contributed by atoms with Gasteiger partial charge in [-0.3, -0.25) is 11.3 Å². The highest BCUT2D eigenvalue weighted by Gasteiger charge is 2.30. The number of hydrogen-bond donors (Lipinski definition) is 2. The lowest BCUT2D eigenvalue weighted by Crippen LogP contribution is -2.50. The second kappa shape index (κ2) is 5.26. The Labute approximate surface area is 91.6 Å². The summed E-state index contributed by atoms with van der Waals surface area (Å²) in [7, 11) is 1.69. The van der Waals surface area contributed by atoms with Crippen molar-refractivity contribution in [3.05, 3.63) is 35.9 Å². The highest BCUT2D eigenvalue weighted by molar-refractivity contribution is 5.25. The number of ether oxygens (including phenoxy) is 1. The van der Waals surface area contributed by atoms with Gasteiger partial charge in [-0.15, -0.1) is 0 Å². The summed E-state index contributed by atoms with van der Waals surface area (Å²) in [6.07, 6.45) is 0. The van der Waals surface area contributed by atoms with Gasteiger partial charge in [-0.1, -0.05) is 44.2 Å². The summed E-state index contributed by atoms with van der Waals surface area (Å²) in [4.78, 5) is 0. The van der Waals surface area contributed by atoms with Crippen LogP contribution in [0.15, 0.2) is 30.3 Å². The van der Waals surface area contributed by atoms with Gasteiger partial charge in [0.1, 0.15) is 0 Å². The molecule has 84 valence electrons. The lowest BCUT2D eigenvalue weighted by atomic mass is 9.78. The van der Waals surface area contributed by atoms with Crippen molar-refractivity contribution in [2.75, 3.05) is 13.7 Å². The first-order valence-electron chi connectivity index (χ1n) is 5.13. The SMILES string of the molecule is COCC(NN)C(C)(C)c1ccccc1. The molecule has 0 aliphatic heterocycles. The van der Waals surface area contributed by atoms with E-state index in [1.54, 1.807) is 7.11 Å². The Balaban J connectivity index is 2.89. The fourth-order valence-electron chi connectivity index (χ4n) is 1.70. The minimum Gasteiger partial charge on any atom is -0.383 e. The molecule has 0 heterocycles. The molecule has 0 aliphatic carbocycles. The second-order valence-corrected chi connectivity index (χ2v) is 4.26. The fourth-order valence-corrected chi connectivity index (χ4v) is 1.70. The van der Waals surface area contributed by atoms with Crippen LogP contribution in [-0.2, 0) is 10.2 Å². The van der Waals surface area contributed by atoms with Crippen LogP contribution in [-0.4, -0.2) is 19.8 Å². The molecule has 1 unspecified atom stereocenters. The molecule has 0 radical (unpaired) electrons. The first kappa shape index (κ1) is 12.2. The van der Waals surface area contributed by atoms with Crippen LogP contribution in [0.3, 0.4) is 0 Å². The fraction of sp³-hybridized carbons (Fsp3) is 0.500. The number of rotatable bonds is 5.